The largest absolute Gasteiger partial charge is 0.372 e. The summed E-state index contributed by atoms with van der Waals surface area (Å²) >= 11 is 0. The smallest absolute Gasteiger partial charge is 0.151 e. The van der Waals surface area contributed by atoms with E-state index < -0.39 is 0 Å². The number of aldehydes is 1. The Bertz CT molecular complexity index is 1080. The Balaban J connectivity index is 0.00000155. The van der Waals surface area contributed by atoms with Gasteiger partial charge in [0.1, 0.15) is 0 Å². The van der Waals surface area contributed by atoms with Gasteiger partial charge in [0.05, 0.1) is 0 Å². The molecule has 1 aliphatic heterocycles. The fourth-order valence-corrected chi connectivity index (χ4v) is 3.92. The van der Waals surface area contributed by atoms with Crippen LogP contribution in [0.5, 0.6) is 0 Å². The average Bonchev–Trinajstić information content (AvgIpc) is 3.33. The number of carbonyl (C=O) groups is 1. The van der Waals surface area contributed by atoms with Crippen molar-refractivity contribution in [2.75, 3.05) is 13.1 Å². The van der Waals surface area contributed by atoms with Crippen molar-refractivity contribution >= 4 is 29.3 Å². The van der Waals surface area contributed by atoms with Gasteiger partial charge in [0, 0.05) is 52.9 Å². The predicted molar refractivity (Wildman–Crippen MR) is 131 cm³/mol. The molecule has 0 radical (unpaired) electrons. The monoisotopic (exact) mass is 402 g/mol. The highest BCUT2D eigenvalue weighted by Gasteiger charge is 2.16. The summed E-state index contributed by atoms with van der Waals surface area (Å²) in [6, 6.07) is 8.60. The number of hydrogen-bond donors (Lipinski definition) is 0. The first-order valence-electron chi connectivity index (χ1n) is 10.8. The summed E-state index contributed by atoms with van der Waals surface area (Å²) in [6.45, 7) is 14.5. The number of allylic oxidation sites excluding steroid dienone is 4. The number of aryl methyl sites for hydroxylation is 1. The molecule has 3 nitrogen and oxygen atoms in total. The number of rotatable bonds is 7. The molecule has 30 heavy (non-hydrogen) atoms. The number of aromatic nitrogens is 1. The van der Waals surface area contributed by atoms with Gasteiger partial charge in [-0.15, -0.1) is 0 Å². The van der Waals surface area contributed by atoms with Crippen molar-refractivity contribution in [3.05, 3.63) is 83.1 Å². The number of nitrogens with zero attached hydrogens (tertiary/aromatic N) is 2. The van der Waals surface area contributed by atoms with Crippen LogP contribution in [-0.2, 0) is 11.3 Å². The number of carbonyl (C=O) groups excluding carboxylic acids is 1. The SMILES string of the molecule is C=C/C=C\C=C1/CN(CCCn2c(=C/C)/c(=C\C)c3ccccc32)C=C1C=O.CC. The molecule has 0 unspecified atom stereocenters. The van der Waals surface area contributed by atoms with E-state index in [1.165, 1.54) is 21.5 Å². The Kier molecular flexibility index (Phi) is 9.14. The molecule has 0 fully saturated rings. The van der Waals surface area contributed by atoms with E-state index in [-0.39, 0.29) is 0 Å². The molecule has 0 amide bonds. The van der Waals surface area contributed by atoms with E-state index in [9.17, 15) is 4.79 Å². The number of hydrogen-bond acceptors (Lipinski definition) is 2. The van der Waals surface area contributed by atoms with Gasteiger partial charge in [0.15, 0.2) is 6.29 Å². The molecule has 3 rings (SSSR count). The van der Waals surface area contributed by atoms with E-state index in [0.717, 1.165) is 43.5 Å². The summed E-state index contributed by atoms with van der Waals surface area (Å²) in [5.41, 5.74) is 3.11. The van der Waals surface area contributed by atoms with Gasteiger partial charge >= 0.3 is 0 Å². The molecule has 0 saturated heterocycles. The Morgan fingerprint density at radius 1 is 1.07 bits per heavy atom. The maximum absolute atomic E-state index is 11.4. The van der Waals surface area contributed by atoms with E-state index in [1.807, 2.05) is 38.3 Å². The third-order valence-corrected chi connectivity index (χ3v) is 5.18. The van der Waals surface area contributed by atoms with Crippen molar-refractivity contribution in [3.8, 4) is 0 Å². The van der Waals surface area contributed by atoms with Gasteiger partial charge in [0.25, 0.3) is 0 Å². The van der Waals surface area contributed by atoms with Crippen molar-refractivity contribution in [2.24, 2.45) is 0 Å². The van der Waals surface area contributed by atoms with Crippen LogP contribution in [-0.4, -0.2) is 28.8 Å². The van der Waals surface area contributed by atoms with E-state index in [0.29, 0.717) is 0 Å². The topological polar surface area (TPSA) is 25.2 Å². The Hall–Kier alpha value is -3.07. The molecule has 3 heteroatoms. The van der Waals surface area contributed by atoms with Crippen LogP contribution in [0.25, 0.3) is 23.1 Å². The molecule has 0 bridgehead atoms. The van der Waals surface area contributed by atoms with Crippen LogP contribution < -0.4 is 10.6 Å². The molecular weight excluding hydrogens is 368 g/mol. The van der Waals surface area contributed by atoms with Crippen molar-refractivity contribution in [3.63, 3.8) is 0 Å². The number of fused-ring (bicyclic) bond motifs is 1. The second-order valence-electron chi connectivity index (χ2n) is 6.88. The average molecular weight is 403 g/mol. The maximum Gasteiger partial charge on any atom is 0.151 e. The van der Waals surface area contributed by atoms with Gasteiger partial charge in [-0.05, 0) is 31.9 Å². The van der Waals surface area contributed by atoms with Gasteiger partial charge in [-0.2, -0.15) is 0 Å². The quantitative estimate of drug-likeness (QED) is 0.494. The van der Waals surface area contributed by atoms with Crippen LogP contribution in [0.4, 0.5) is 0 Å². The fraction of sp³-hybridized carbons (Fsp3) is 0.296. The zero-order valence-corrected chi connectivity index (χ0v) is 18.8. The molecule has 0 atom stereocenters. The van der Waals surface area contributed by atoms with Crippen molar-refractivity contribution in [2.45, 2.75) is 40.7 Å². The second-order valence-corrected chi connectivity index (χ2v) is 6.88. The Morgan fingerprint density at radius 2 is 1.83 bits per heavy atom. The van der Waals surface area contributed by atoms with E-state index in [2.05, 4.69) is 66.3 Å². The molecule has 1 aromatic heterocycles. The van der Waals surface area contributed by atoms with Gasteiger partial charge in [-0.25, -0.2) is 0 Å². The summed E-state index contributed by atoms with van der Waals surface area (Å²) in [5.74, 6) is 0. The first-order valence-corrected chi connectivity index (χ1v) is 10.8. The highest BCUT2D eigenvalue weighted by atomic mass is 16.1. The van der Waals surface area contributed by atoms with Gasteiger partial charge in [-0.1, -0.05) is 75.1 Å². The van der Waals surface area contributed by atoms with E-state index in [1.54, 1.807) is 6.08 Å². The third-order valence-electron chi connectivity index (χ3n) is 5.18. The minimum Gasteiger partial charge on any atom is -0.372 e. The maximum atomic E-state index is 11.4. The molecule has 0 N–H and O–H groups in total. The van der Waals surface area contributed by atoms with Crippen molar-refractivity contribution in [1.82, 2.24) is 9.47 Å². The summed E-state index contributed by atoms with van der Waals surface area (Å²) in [5, 5.41) is 3.90. The van der Waals surface area contributed by atoms with Crippen molar-refractivity contribution < 1.29 is 4.79 Å². The van der Waals surface area contributed by atoms with Crippen LogP contribution in [0.15, 0.2) is 72.5 Å². The zero-order chi connectivity index (χ0) is 21.9. The standard InChI is InChI=1S/C25H28N2O.C2H6/c1-4-7-8-12-20-17-26(18-21(20)19-28)15-11-16-27-24(6-3)22(5-2)23-13-9-10-14-25(23)27;1-2/h4-10,12-14,18-19H,1,11,15-17H2,2-3H3;1-2H3/b8-7-,20-12+,22-5-,24-6+;. The van der Waals surface area contributed by atoms with Crippen LogP contribution in [0.2, 0.25) is 0 Å². The molecule has 1 aliphatic rings. The fourth-order valence-electron chi connectivity index (χ4n) is 3.92. The van der Waals surface area contributed by atoms with Gasteiger partial charge in [-0.3, -0.25) is 4.79 Å². The van der Waals surface area contributed by atoms with Gasteiger partial charge in [0.2, 0.25) is 0 Å². The summed E-state index contributed by atoms with van der Waals surface area (Å²) < 4.78 is 2.41. The summed E-state index contributed by atoms with van der Waals surface area (Å²) in [4.78, 5) is 13.6. The molecule has 1 aromatic carbocycles. The highest BCUT2D eigenvalue weighted by Crippen LogP contribution is 2.19. The molecule has 158 valence electrons. The minimum absolute atomic E-state index is 0.769. The number of benzene rings is 1. The Morgan fingerprint density at radius 3 is 2.50 bits per heavy atom. The lowest BCUT2D eigenvalue weighted by molar-refractivity contribution is -0.104. The first-order chi connectivity index (χ1) is 14.7. The lowest BCUT2D eigenvalue weighted by Gasteiger charge is -2.16. The Labute approximate surface area is 180 Å². The van der Waals surface area contributed by atoms with E-state index >= 15 is 0 Å². The van der Waals surface area contributed by atoms with Crippen LogP contribution in [0.3, 0.4) is 0 Å². The van der Waals surface area contributed by atoms with Gasteiger partial charge < -0.3 is 9.47 Å². The van der Waals surface area contributed by atoms with Crippen LogP contribution >= 0.6 is 0 Å². The first kappa shape index (κ1) is 23.2. The molecule has 2 aromatic rings. The third kappa shape index (κ3) is 5.10. The second kappa shape index (κ2) is 11.8. The molecular formula is C27H34N2O. The molecule has 0 spiro atoms. The van der Waals surface area contributed by atoms with E-state index in [4.69, 9.17) is 0 Å². The molecule has 2 heterocycles. The summed E-state index contributed by atoms with van der Waals surface area (Å²) in [7, 11) is 0. The zero-order valence-electron chi connectivity index (χ0n) is 18.8. The minimum atomic E-state index is 0.769. The molecule has 0 aliphatic carbocycles. The lowest BCUT2D eigenvalue weighted by atomic mass is 10.1. The number of para-hydroxylation sites is 1. The molecule has 0 saturated carbocycles. The van der Waals surface area contributed by atoms with Crippen molar-refractivity contribution in [1.29, 1.82) is 0 Å². The van der Waals surface area contributed by atoms with Crippen LogP contribution in [0.1, 0.15) is 34.1 Å². The van der Waals surface area contributed by atoms with Crippen LogP contribution in [0, 0.1) is 0 Å². The lowest BCUT2D eigenvalue weighted by Crippen LogP contribution is -2.29. The normalized spacial score (nSPS) is 16.3. The highest BCUT2D eigenvalue weighted by molar-refractivity contribution is 5.82. The predicted octanol–water partition coefficient (Wildman–Crippen LogP) is 4.73. The summed E-state index contributed by atoms with van der Waals surface area (Å²) in [6.07, 6.45) is 15.9.